The van der Waals surface area contributed by atoms with Gasteiger partial charge in [0.25, 0.3) is 0 Å². The predicted molar refractivity (Wildman–Crippen MR) is 87.4 cm³/mol. The molecule has 0 aliphatic carbocycles. The first-order valence-corrected chi connectivity index (χ1v) is 7.45. The third-order valence-electron chi connectivity index (χ3n) is 3.12. The maximum Gasteiger partial charge on any atom is 0.182 e. The van der Waals surface area contributed by atoms with Gasteiger partial charge in [-0.15, -0.1) is 0 Å². The molecule has 0 unspecified atom stereocenters. The van der Waals surface area contributed by atoms with E-state index in [9.17, 15) is 4.79 Å². The number of benzene rings is 2. The highest BCUT2D eigenvalue weighted by molar-refractivity contribution is 9.10. The van der Waals surface area contributed by atoms with E-state index in [-0.39, 0.29) is 12.3 Å². The van der Waals surface area contributed by atoms with Gasteiger partial charge in [0.05, 0.1) is 19.0 Å². The number of nitriles is 1. The monoisotopic (exact) mass is 342 g/mol. The van der Waals surface area contributed by atoms with Crippen LogP contribution in [0, 0.1) is 11.3 Å². The molecular weight excluding hydrogens is 328 g/mol. The molecule has 2 rings (SSSR count). The van der Waals surface area contributed by atoms with Crippen molar-refractivity contribution in [2.75, 3.05) is 18.0 Å². The van der Waals surface area contributed by atoms with E-state index in [0.717, 1.165) is 10.2 Å². The summed E-state index contributed by atoms with van der Waals surface area (Å²) in [5.74, 6) is 0.0456. The van der Waals surface area contributed by atoms with E-state index in [1.54, 1.807) is 12.1 Å². The van der Waals surface area contributed by atoms with Crippen molar-refractivity contribution in [3.8, 4) is 6.07 Å². The lowest BCUT2D eigenvalue weighted by Crippen LogP contribution is -2.30. The highest BCUT2D eigenvalue weighted by atomic mass is 79.9. The Bertz CT molecular complexity index is 632. The summed E-state index contributed by atoms with van der Waals surface area (Å²) >= 11 is 3.36. The van der Waals surface area contributed by atoms with Crippen LogP contribution in [0.4, 0.5) is 5.69 Å². The fourth-order valence-corrected chi connectivity index (χ4v) is 2.29. The van der Waals surface area contributed by atoms with Crippen molar-refractivity contribution in [2.24, 2.45) is 0 Å². The van der Waals surface area contributed by atoms with Crippen LogP contribution < -0.4 is 4.90 Å². The van der Waals surface area contributed by atoms with Gasteiger partial charge in [0, 0.05) is 22.3 Å². The average Bonchev–Trinajstić information content (AvgIpc) is 2.52. The van der Waals surface area contributed by atoms with Crippen molar-refractivity contribution in [1.29, 1.82) is 5.26 Å². The minimum absolute atomic E-state index is 0.0456. The molecule has 0 bridgehead atoms. The lowest BCUT2D eigenvalue weighted by molar-refractivity contribution is 0.0999. The van der Waals surface area contributed by atoms with E-state index in [2.05, 4.69) is 22.0 Å². The van der Waals surface area contributed by atoms with E-state index in [1.165, 1.54) is 0 Å². The van der Waals surface area contributed by atoms with Crippen LogP contribution in [0.1, 0.15) is 16.8 Å². The first kappa shape index (κ1) is 15.3. The Hall–Kier alpha value is -2.12. The molecule has 4 heteroatoms. The predicted octanol–water partition coefficient (Wildman–Crippen LogP) is 4.05. The molecular formula is C17H15BrN2O. The molecule has 0 fully saturated rings. The quantitative estimate of drug-likeness (QED) is 0.743. The number of carbonyl (C=O) groups excluding carboxylic acids is 1. The number of para-hydroxylation sites is 1. The zero-order valence-corrected chi connectivity index (χ0v) is 13.1. The summed E-state index contributed by atoms with van der Waals surface area (Å²) < 4.78 is 0.948. The van der Waals surface area contributed by atoms with Crippen molar-refractivity contribution in [3.05, 3.63) is 64.6 Å². The smallest absolute Gasteiger partial charge is 0.182 e. The first-order chi connectivity index (χ1) is 10.2. The molecule has 0 amide bonds. The fourth-order valence-electron chi connectivity index (χ4n) is 2.02. The molecule has 0 spiro atoms. The van der Waals surface area contributed by atoms with Crippen molar-refractivity contribution in [2.45, 2.75) is 6.42 Å². The van der Waals surface area contributed by atoms with Crippen molar-refractivity contribution < 1.29 is 4.79 Å². The summed E-state index contributed by atoms with van der Waals surface area (Å²) in [6.45, 7) is 0.816. The summed E-state index contributed by atoms with van der Waals surface area (Å²) in [5.41, 5.74) is 1.63. The van der Waals surface area contributed by atoms with Gasteiger partial charge in [0.1, 0.15) is 0 Å². The third-order valence-corrected chi connectivity index (χ3v) is 3.64. The standard InChI is InChI=1S/C17H15BrN2O/c18-15-9-7-14(8-10-15)17(21)13-20(12-4-11-19)16-5-2-1-3-6-16/h1-3,5-10H,4,12-13H2. The van der Waals surface area contributed by atoms with Gasteiger partial charge in [-0.1, -0.05) is 46.3 Å². The summed E-state index contributed by atoms with van der Waals surface area (Å²) in [5, 5.41) is 8.78. The number of Topliss-reactive ketones (excluding diaryl/α,β-unsaturated/α-hetero) is 1. The second kappa shape index (κ2) is 7.61. The minimum Gasteiger partial charge on any atom is -0.363 e. The van der Waals surface area contributed by atoms with E-state index < -0.39 is 0 Å². The second-order valence-corrected chi connectivity index (χ2v) is 5.51. The van der Waals surface area contributed by atoms with Gasteiger partial charge in [-0.3, -0.25) is 4.79 Å². The van der Waals surface area contributed by atoms with Crippen LogP contribution >= 0.6 is 15.9 Å². The fraction of sp³-hybridized carbons (Fsp3) is 0.176. The number of hydrogen-bond donors (Lipinski definition) is 0. The lowest BCUT2D eigenvalue weighted by atomic mass is 10.1. The number of anilines is 1. The Morgan fingerprint density at radius 3 is 2.38 bits per heavy atom. The molecule has 0 heterocycles. The van der Waals surface area contributed by atoms with E-state index in [4.69, 9.17) is 5.26 Å². The molecule has 0 aliphatic rings. The lowest BCUT2D eigenvalue weighted by Gasteiger charge is -2.23. The van der Waals surface area contributed by atoms with Crippen LogP contribution in [0.5, 0.6) is 0 Å². The summed E-state index contributed by atoms with van der Waals surface area (Å²) in [7, 11) is 0. The summed E-state index contributed by atoms with van der Waals surface area (Å²) in [4.78, 5) is 14.3. The first-order valence-electron chi connectivity index (χ1n) is 6.66. The van der Waals surface area contributed by atoms with Gasteiger partial charge in [-0.05, 0) is 24.3 Å². The molecule has 0 N–H and O–H groups in total. The zero-order valence-electron chi connectivity index (χ0n) is 11.5. The summed E-state index contributed by atoms with van der Waals surface area (Å²) in [6, 6.07) is 19.1. The Morgan fingerprint density at radius 2 is 1.76 bits per heavy atom. The molecule has 0 atom stereocenters. The molecule has 0 aliphatic heterocycles. The second-order valence-electron chi connectivity index (χ2n) is 4.60. The molecule has 21 heavy (non-hydrogen) atoms. The Morgan fingerprint density at radius 1 is 1.10 bits per heavy atom. The Labute approximate surface area is 132 Å². The van der Waals surface area contributed by atoms with Crippen molar-refractivity contribution >= 4 is 27.4 Å². The molecule has 2 aromatic rings. The van der Waals surface area contributed by atoms with Crippen LogP contribution in [0.3, 0.4) is 0 Å². The average molecular weight is 343 g/mol. The van der Waals surface area contributed by atoms with Crippen LogP contribution in [-0.2, 0) is 0 Å². The minimum atomic E-state index is 0.0456. The topological polar surface area (TPSA) is 44.1 Å². The molecule has 2 aromatic carbocycles. The van der Waals surface area contributed by atoms with Gasteiger partial charge in [0.2, 0.25) is 0 Å². The molecule has 3 nitrogen and oxygen atoms in total. The molecule has 0 radical (unpaired) electrons. The maximum absolute atomic E-state index is 12.4. The number of ketones is 1. The molecule has 0 aromatic heterocycles. The van der Waals surface area contributed by atoms with Gasteiger partial charge in [-0.25, -0.2) is 0 Å². The third kappa shape index (κ3) is 4.44. The van der Waals surface area contributed by atoms with E-state index in [0.29, 0.717) is 18.5 Å². The van der Waals surface area contributed by atoms with Crippen molar-refractivity contribution in [1.82, 2.24) is 0 Å². The number of halogens is 1. The molecule has 106 valence electrons. The zero-order chi connectivity index (χ0) is 15.1. The van der Waals surface area contributed by atoms with Crippen LogP contribution in [0.15, 0.2) is 59.1 Å². The van der Waals surface area contributed by atoms with Gasteiger partial charge in [-0.2, -0.15) is 5.26 Å². The highest BCUT2D eigenvalue weighted by Gasteiger charge is 2.13. The van der Waals surface area contributed by atoms with Crippen LogP contribution in [0.25, 0.3) is 0 Å². The highest BCUT2D eigenvalue weighted by Crippen LogP contribution is 2.16. The SMILES string of the molecule is N#CCCN(CC(=O)c1ccc(Br)cc1)c1ccccc1. The number of rotatable bonds is 6. The van der Waals surface area contributed by atoms with Crippen LogP contribution in [0.2, 0.25) is 0 Å². The summed E-state index contributed by atoms with van der Waals surface area (Å²) in [6.07, 6.45) is 0.391. The van der Waals surface area contributed by atoms with E-state index in [1.807, 2.05) is 47.4 Å². The number of nitrogens with zero attached hydrogens (tertiary/aromatic N) is 2. The van der Waals surface area contributed by atoms with Crippen LogP contribution in [-0.4, -0.2) is 18.9 Å². The molecule has 0 saturated carbocycles. The van der Waals surface area contributed by atoms with Gasteiger partial charge >= 0.3 is 0 Å². The maximum atomic E-state index is 12.4. The normalized spacial score (nSPS) is 9.90. The van der Waals surface area contributed by atoms with Crippen molar-refractivity contribution in [3.63, 3.8) is 0 Å². The van der Waals surface area contributed by atoms with Gasteiger partial charge in [0.15, 0.2) is 5.78 Å². The Balaban J connectivity index is 2.13. The number of hydrogen-bond acceptors (Lipinski definition) is 3. The number of carbonyl (C=O) groups is 1. The largest absolute Gasteiger partial charge is 0.363 e. The van der Waals surface area contributed by atoms with E-state index >= 15 is 0 Å². The Kier molecular flexibility index (Phi) is 5.53. The molecule has 0 saturated heterocycles. The van der Waals surface area contributed by atoms with Gasteiger partial charge < -0.3 is 4.90 Å².